The predicted molar refractivity (Wildman–Crippen MR) is 375 cm³/mol. The lowest BCUT2D eigenvalue weighted by Crippen LogP contribution is -2.69. The molecule has 2 heterocycles. The molecule has 0 aromatic carbocycles. The molecule has 0 radical (unpaired) electrons. The molecular formula is C74H137O24P. The van der Waals surface area contributed by atoms with Gasteiger partial charge in [0.2, 0.25) is 0 Å². The molecule has 0 bridgehead atoms. The number of carbonyl (C=O) groups is 3. The van der Waals surface area contributed by atoms with Crippen LogP contribution in [0.15, 0.2) is 12.2 Å². The van der Waals surface area contributed by atoms with E-state index in [1.807, 2.05) is 0 Å². The van der Waals surface area contributed by atoms with Crippen LogP contribution in [0.1, 0.15) is 310 Å². The van der Waals surface area contributed by atoms with Crippen molar-refractivity contribution in [3.05, 3.63) is 12.2 Å². The smallest absolute Gasteiger partial charge is 0.463 e. The van der Waals surface area contributed by atoms with Crippen molar-refractivity contribution < 1.29 is 117 Å². The van der Waals surface area contributed by atoms with Gasteiger partial charge in [-0.15, -0.1) is 0 Å². The minimum atomic E-state index is -5.70. The van der Waals surface area contributed by atoms with Crippen LogP contribution >= 0.6 is 7.82 Å². The minimum Gasteiger partial charge on any atom is -0.463 e. The zero-order chi connectivity index (χ0) is 72.5. The van der Waals surface area contributed by atoms with Gasteiger partial charge in [0.05, 0.1) is 13.2 Å². The quantitative estimate of drug-likeness (QED) is 0.00886. The van der Waals surface area contributed by atoms with Crippen molar-refractivity contribution in [3.8, 4) is 0 Å². The van der Waals surface area contributed by atoms with Crippen LogP contribution in [0.25, 0.3) is 0 Å². The van der Waals surface area contributed by atoms with Crippen LogP contribution < -0.4 is 0 Å². The molecule has 2 aliphatic heterocycles. The molecule has 3 rings (SSSR count). The standard InChI is InChI=1S/C74H137O24P/c1-4-7-10-13-16-19-22-25-28-31-34-36-39-42-45-48-58(76)90-52-55(93-60(78)50-47-44-41-38-35-32-29-26-23-20-17-14-11-8-5-2)53-92-99(88,89)98-72-70(96-73-68(86)63(81)61(79)56(51-75)94-73)66(84)65(83)67(85)71(72)97-74-69(87)64(82)62(80)57(95-74)54-91-59(77)49-46-43-40-37-33-30-27-24-21-18-15-12-9-6-3/h19,22,55-57,61-75,79-87H,4-18,20-21,23-54H2,1-3H3,(H,88,89)/b22-19-. The fourth-order valence-corrected chi connectivity index (χ4v) is 13.9. The third-order valence-electron chi connectivity index (χ3n) is 19.3. The third kappa shape index (κ3) is 39.0. The average molecular weight is 1440 g/mol. The van der Waals surface area contributed by atoms with E-state index in [4.69, 9.17) is 42.2 Å². The van der Waals surface area contributed by atoms with Gasteiger partial charge in [-0.3, -0.25) is 23.4 Å². The number of phosphoric ester groups is 1. The van der Waals surface area contributed by atoms with Crippen molar-refractivity contribution in [1.29, 1.82) is 0 Å². The van der Waals surface area contributed by atoms with Crippen molar-refractivity contribution >= 4 is 25.7 Å². The summed E-state index contributed by atoms with van der Waals surface area (Å²) in [6.07, 6.45) is 15.4. The molecule has 0 spiro atoms. The minimum absolute atomic E-state index is 0.0326. The maximum Gasteiger partial charge on any atom is 0.472 e. The molecule has 1 saturated carbocycles. The van der Waals surface area contributed by atoms with Crippen molar-refractivity contribution in [1.82, 2.24) is 0 Å². The van der Waals surface area contributed by atoms with Crippen LogP contribution in [0.5, 0.6) is 0 Å². The topological polar surface area (TPSA) is 374 Å². The summed E-state index contributed by atoms with van der Waals surface area (Å²) in [6.45, 7) is 3.46. The lowest BCUT2D eigenvalue weighted by molar-refractivity contribution is -0.360. The van der Waals surface area contributed by atoms with Crippen molar-refractivity contribution in [3.63, 3.8) is 0 Å². The molecule has 18 atom stereocenters. The molecule has 24 nitrogen and oxygen atoms in total. The number of ether oxygens (including phenoxy) is 7. The monoisotopic (exact) mass is 1440 g/mol. The number of carbonyl (C=O) groups excluding carboxylic acids is 3. The molecule has 0 aromatic heterocycles. The number of hydrogen-bond donors (Lipinski definition) is 11. The van der Waals surface area contributed by atoms with Crippen molar-refractivity contribution in [2.45, 2.75) is 414 Å². The highest BCUT2D eigenvalue weighted by Gasteiger charge is 2.58. The zero-order valence-corrected chi connectivity index (χ0v) is 61.7. The van der Waals surface area contributed by atoms with Crippen molar-refractivity contribution in [2.75, 3.05) is 26.4 Å². The second-order valence-electron chi connectivity index (χ2n) is 28.1. The van der Waals surface area contributed by atoms with Crippen LogP contribution in [0.2, 0.25) is 0 Å². The largest absolute Gasteiger partial charge is 0.472 e. The Morgan fingerprint density at radius 1 is 0.384 bits per heavy atom. The molecule has 25 heteroatoms. The molecule has 582 valence electrons. The lowest BCUT2D eigenvalue weighted by Gasteiger charge is -2.49. The summed E-state index contributed by atoms with van der Waals surface area (Å²) in [4.78, 5) is 51.1. The van der Waals surface area contributed by atoms with E-state index in [0.717, 1.165) is 116 Å². The third-order valence-corrected chi connectivity index (χ3v) is 20.3. The van der Waals surface area contributed by atoms with Gasteiger partial charge in [0.15, 0.2) is 18.7 Å². The summed E-state index contributed by atoms with van der Waals surface area (Å²) >= 11 is 0. The number of allylic oxidation sites excluding steroid dienone is 2. The Hall–Kier alpha value is -2.30. The number of esters is 3. The van der Waals surface area contributed by atoms with Gasteiger partial charge in [-0.05, 0) is 44.9 Å². The Balaban J connectivity index is 1.72. The van der Waals surface area contributed by atoms with E-state index >= 15 is 0 Å². The summed E-state index contributed by atoms with van der Waals surface area (Å²) in [5, 5.41) is 110. The first-order valence-electron chi connectivity index (χ1n) is 39.0. The normalized spacial score (nSPS) is 27.5. The van der Waals surface area contributed by atoms with E-state index in [1.54, 1.807) is 0 Å². The first-order valence-corrected chi connectivity index (χ1v) is 40.5. The maximum atomic E-state index is 14.3. The summed E-state index contributed by atoms with van der Waals surface area (Å²) in [5.41, 5.74) is 0. The Labute approximate surface area is 592 Å². The number of hydrogen-bond acceptors (Lipinski definition) is 23. The van der Waals surface area contributed by atoms with Gasteiger partial charge in [-0.2, -0.15) is 0 Å². The Kier molecular flexibility index (Phi) is 51.5. The average Bonchev–Trinajstić information content (AvgIpc) is 0.763. The fraction of sp³-hybridized carbons (Fsp3) is 0.932. The summed E-state index contributed by atoms with van der Waals surface area (Å²) in [6, 6.07) is 0. The van der Waals surface area contributed by atoms with E-state index in [-0.39, 0.29) is 19.3 Å². The number of aliphatic hydroxyl groups excluding tert-OH is 10. The molecule has 0 amide bonds. The second-order valence-corrected chi connectivity index (χ2v) is 29.5. The van der Waals surface area contributed by atoms with E-state index in [2.05, 4.69) is 32.9 Å². The maximum absolute atomic E-state index is 14.3. The molecule has 3 fully saturated rings. The first-order chi connectivity index (χ1) is 47.8. The molecule has 0 aromatic rings. The SMILES string of the molecule is CCCCCC/C=C\CCCCCCCCCC(=O)OCC(COP(=O)(O)OC1C(OC2OC(CO)C(O)C(O)C2O)C(O)C(O)C(O)C1OC1OC(COC(=O)CCCCCCCCCCCCCCCC)C(O)C(O)C1O)OC(=O)CCCCCCCCCCCCCCCCC. The van der Waals surface area contributed by atoms with Gasteiger partial charge in [-0.25, -0.2) is 4.57 Å². The van der Waals surface area contributed by atoms with Crippen LogP contribution in [-0.2, 0) is 61.2 Å². The second kappa shape index (κ2) is 56.1. The molecular weight excluding hydrogens is 1300 g/mol. The number of unbranched alkanes of at least 4 members (excludes halogenated alkanes) is 38. The molecule has 18 unspecified atom stereocenters. The van der Waals surface area contributed by atoms with Gasteiger partial charge in [0.1, 0.15) is 98.7 Å². The van der Waals surface area contributed by atoms with Gasteiger partial charge < -0.3 is 89.1 Å². The highest BCUT2D eigenvalue weighted by atomic mass is 31.2. The number of rotatable bonds is 61. The Morgan fingerprint density at radius 2 is 0.707 bits per heavy atom. The van der Waals surface area contributed by atoms with E-state index in [0.29, 0.717) is 19.3 Å². The molecule has 99 heavy (non-hydrogen) atoms. The predicted octanol–water partition coefficient (Wildman–Crippen LogP) is 11.1. The van der Waals surface area contributed by atoms with Gasteiger partial charge in [0, 0.05) is 19.3 Å². The molecule has 1 aliphatic carbocycles. The Morgan fingerprint density at radius 3 is 1.10 bits per heavy atom. The molecule has 11 N–H and O–H groups in total. The van der Waals surface area contributed by atoms with Crippen LogP contribution in [0, 0.1) is 0 Å². The lowest BCUT2D eigenvalue weighted by atomic mass is 9.84. The van der Waals surface area contributed by atoms with Gasteiger partial charge in [-0.1, -0.05) is 258 Å². The molecule has 3 aliphatic rings. The first kappa shape index (κ1) is 90.9. The fourth-order valence-electron chi connectivity index (χ4n) is 12.9. The highest BCUT2D eigenvalue weighted by Crippen LogP contribution is 2.49. The van der Waals surface area contributed by atoms with E-state index in [9.17, 15) is 74.9 Å². The van der Waals surface area contributed by atoms with Gasteiger partial charge in [0.25, 0.3) is 0 Å². The van der Waals surface area contributed by atoms with Crippen LogP contribution in [0.4, 0.5) is 0 Å². The summed E-state index contributed by atoms with van der Waals surface area (Å²) < 4.78 is 65.1. The van der Waals surface area contributed by atoms with Crippen LogP contribution in [-0.4, -0.2) is 204 Å². The Bertz CT molecular complexity index is 2090. The molecule has 2 saturated heterocycles. The van der Waals surface area contributed by atoms with Crippen LogP contribution in [0.3, 0.4) is 0 Å². The zero-order valence-electron chi connectivity index (χ0n) is 60.8. The number of aliphatic hydroxyl groups is 10. The summed E-state index contributed by atoms with van der Waals surface area (Å²) in [5.74, 6) is -1.98. The number of phosphoric acid groups is 1. The summed E-state index contributed by atoms with van der Waals surface area (Å²) in [7, 11) is -5.70. The van der Waals surface area contributed by atoms with E-state index in [1.165, 1.54) is 135 Å². The van der Waals surface area contributed by atoms with E-state index < -0.39 is 156 Å². The highest BCUT2D eigenvalue weighted by molar-refractivity contribution is 7.47. The van der Waals surface area contributed by atoms with Crippen molar-refractivity contribution in [2.24, 2.45) is 0 Å². The van der Waals surface area contributed by atoms with Gasteiger partial charge >= 0.3 is 25.7 Å².